The number of aliphatic hydroxyl groups is 1. The van der Waals surface area contributed by atoms with E-state index in [9.17, 15) is 34.3 Å². The summed E-state index contributed by atoms with van der Waals surface area (Å²) in [5, 5.41) is 31.6. The van der Waals surface area contributed by atoms with Crippen LogP contribution in [0.25, 0.3) is 10.4 Å². The molecule has 0 spiro atoms. The van der Waals surface area contributed by atoms with Gasteiger partial charge < -0.3 is 40.7 Å². The molecule has 1 saturated carbocycles. The van der Waals surface area contributed by atoms with Crippen molar-refractivity contribution in [1.29, 1.82) is 5.26 Å². The minimum Gasteiger partial charge on any atom is -0.489 e. The number of carbonyl (C=O) groups is 5. The van der Waals surface area contributed by atoms with E-state index in [-0.39, 0.29) is 42.5 Å². The van der Waals surface area contributed by atoms with Crippen LogP contribution in [-0.2, 0) is 14.4 Å². The molecule has 7 rings (SSSR count). The zero-order valence-corrected chi connectivity index (χ0v) is 42.6. The van der Waals surface area contributed by atoms with E-state index in [0.29, 0.717) is 33.3 Å². The molecule has 19 heteroatoms. The van der Waals surface area contributed by atoms with Crippen LogP contribution in [0.4, 0.5) is 0 Å². The van der Waals surface area contributed by atoms with Gasteiger partial charge in [0.15, 0.2) is 0 Å². The molecule has 1 aliphatic carbocycles. The molecule has 0 bridgehead atoms. The van der Waals surface area contributed by atoms with Crippen molar-refractivity contribution < 1.29 is 38.6 Å². The van der Waals surface area contributed by atoms with E-state index in [1.807, 2.05) is 52.8 Å². The van der Waals surface area contributed by atoms with Crippen LogP contribution in [0.1, 0.15) is 106 Å². The lowest BCUT2D eigenvalue weighted by Crippen LogP contribution is -2.74. The summed E-state index contributed by atoms with van der Waals surface area (Å²) in [4.78, 5) is 83.1. The highest BCUT2D eigenvalue weighted by molar-refractivity contribution is 7.13. The second kappa shape index (κ2) is 20.8. The summed E-state index contributed by atoms with van der Waals surface area (Å²) in [5.74, 6) is -1.38. The fraction of sp³-hybridized carbons (Fsp3) is 0.404. The molecular formula is C52H58ClN9O8S. The molecule has 5 N–H and O–H groups in total. The maximum absolute atomic E-state index is 14.1. The lowest BCUT2D eigenvalue weighted by atomic mass is 9.49. The molecule has 372 valence electrons. The third kappa shape index (κ3) is 11.5. The average molecular weight is 1000 g/mol. The number of carbonyl (C=O) groups excluding carboxylic acids is 5. The minimum absolute atomic E-state index is 0.0186. The molecule has 4 heterocycles. The lowest BCUT2D eigenvalue weighted by molar-refractivity contribution is -0.164. The molecular weight excluding hydrogens is 946 g/mol. The number of benzene rings is 2. The van der Waals surface area contributed by atoms with E-state index in [0.717, 1.165) is 16.1 Å². The largest absolute Gasteiger partial charge is 0.489 e. The topological polar surface area (TPSA) is 238 Å². The molecule has 71 heavy (non-hydrogen) atoms. The van der Waals surface area contributed by atoms with Gasteiger partial charge in [0.25, 0.3) is 11.8 Å². The quantitative estimate of drug-likeness (QED) is 0.0717. The number of hydrogen-bond donors (Lipinski definition) is 5. The Morgan fingerprint density at radius 3 is 2.20 bits per heavy atom. The Labute approximate surface area is 421 Å². The van der Waals surface area contributed by atoms with Crippen molar-refractivity contribution in [3.8, 4) is 33.9 Å². The predicted molar refractivity (Wildman–Crippen MR) is 267 cm³/mol. The molecule has 1 saturated heterocycles. The second-order valence-electron chi connectivity index (χ2n) is 20.2. The Kier molecular flexibility index (Phi) is 15.2. The molecule has 3 aromatic heterocycles. The van der Waals surface area contributed by atoms with Crippen molar-refractivity contribution in [3.63, 3.8) is 0 Å². The molecule has 17 nitrogen and oxygen atoms in total. The smallest absolute Gasteiger partial charge is 0.253 e. The van der Waals surface area contributed by atoms with Gasteiger partial charge in [-0.25, -0.2) is 9.97 Å². The zero-order valence-electron chi connectivity index (χ0n) is 41.0. The number of ether oxygens (including phenoxy) is 2. The summed E-state index contributed by atoms with van der Waals surface area (Å²) in [7, 11) is 0. The summed E-state index contributed by atoms with van der Waals surface area (Å²) in [5.41, 5.74) is 3.40. The highest BCUT2D eigenvalue weighted by Crippen LogP contribution is 2.55. The summed E-state index contributed by atoms with van der Waals surface area (Å²) in [6.45, 7) is 16.5. The van der Waals surface area contributed by atoms with Gasteiger partial charge in [-0.3, -0.25) is 29.0 Å². The third-order valence-electron chi connectivity index (χ3n) is 13.1. The van der Waals surface area contributed by atoms with Crippen molar-refractivity contribution in [2.24, 2.45) is 16.2 Å². The number of nitrogens with zero attached hydrogens (tertiary/aromatic N) is 5. The van der Waals surface area contributed by atoms with Crippen molar-refractivity contribution in [2.75, 3.05) is 13.1 Å². The van der Waals surface area contributed by atoms with Crippen LogP contribution in [0.15, 0.2) is 84.6 Å². The van der Waals surface area contributed by atoms with Crippen LogP contribution in [0, 0.1) is 34.5 Å². The lowest BCUT2D eigenvalue weighted by Gasteiger charge is -2.63. The van der Waals surface area contributed by atoms with Crippen LogP contribution < -0.4 is 30.7 Å². The third-order valence-corrected chi connectivity index (χ3v) is 14.3. The first-order valence-electron chi connectivity index (χ1n) is 23.1. The molecule has 2 aromatic carbocycles. The summed E-state index contributed by atoms with van der Waals surface area (Å²) in [6.07, 6.45) is 1.94. The number of halogens is 1. The van der Waals surface area contributed by atoms with E-state index in [4.69, 9.17) is 21.1 Å². The highest BCUT2D eigenvalue weighted by Gasteiger charge is 2.64. The maximum Gasteiger partial charge on any atom is 0.253 e. The molecule has 5 amide bonds. The number of thiazole rings is 1. The Hall–Kier alpha value is -6.94. The maximum atomic E-state index is 14.1. The number of likely N-dealkylation sites (tertiary alicyclic amines) is 1. The van der Waals surface area contributed by atoms with E-state index < -0.39 is 70.6 Å². The first-order chi connectivity index (χ1) is 33.5. The first-order valence-corrected chi connectivity index (χ1v) is 24.4. The van der Waals surface area contributed by atoms with E-state index in [2.05, 4.69) is 36.2 Å². The number of aromatic nitrogens is 3. The van der Waals surface area contributed by atoms with Crippen LogP contribution in [0.2, 0.25) is 5.02 Å². The number of aryl methyl sites for hydroxylation is 1. The van der Waals surface area contributed by atoms with Crippen molar-refractivity contribution >= 4 is 52.5 Å². The fourth-order valence-corrected chi connectivity index (χ4v) is 10.5. The summed E-state index contributed by atoms with van der Waals surface area (Å²) in [6, 6.07) is 17.2. The molecule has 4 atom stereocenters. The van der Waals surface area contributed by atoms with Gasteiger partial charge in [-0.15, -0.1) is 11.3 Å². The van der Waals surface area contributed by atoms with Crippen LogP contribution in [0.3, 0.4) is 0 Å². The van der Waals surface area contributed by atoms with E-state index in [1.165, 1.54) is 34.6 Å². The number of pyridine rings is 2. The summed E-state index contributed by atoms with van der Waals surface area (Å²) < 4.78 is 12.2. The molecule has 2 fully saturated rings. The van der Waals surface area contributed by atoms with Gasteiger partial charge in [-0.1, -0.05) is 66.1 Å². The standard InChI is InChI=1S/C52H58ClN9O8S/c1-28(38-18-13-32(23-55-38)42-29(2)58-27-71-42)59-46(67)39-20-34(63)26-62(39)47(68)43(50(3,4)5)60-40(64)25-57-44(65)30-10-15-35(16-11-30)69-41-19-14-33(24-56-41)45(66)61-48-51(6,7)49(52(48,8)9)70-36-17-12-31(22-54)37(53)21-36/h10-19,21,23-24,27-28,34,39,43,48-49,63H,20,25-26H2,1-9H3,(H,57,65)(H,59,67)(H,60,64)(H,61,66)/t28-,34+,39-,43+,48?,49?/m0/s1. The average Bonchev–Trinajstić information content (AvgIpc) is 3.95. The molecule has 0 radical (unpaired) electrons. The van der Waals surface area contributed by atoms with Gasteiger partial charge in [-0.2, -0.15) is 5.26 Å². The number of aliphatic hydroxyl groups excluding tert-OH is 1. The van der Waals surface area contributed by atoms with Gasteiger partial charge in [-0.05, 0) is 67.8 Å². The van der Waals surface area contributed by atoms with Crippen LogP contribution >= 0.6 is 22.9 Å². The predicted octanol–water partition coefficient (Wildman–Crippen LogP) is 6.94. The minimum atomic E-state index is -1.10. The number of nitriles is 1. The SMILES string of the molecule is Cc1ncsc1-c1ccc([C@H](C)NC(=O)[C@@H]2C[C@@H](O)CN2C(=O)[C@@H](NC(=O)CNC(=O)c2ccc(Oc3ccc(C(=O)NC4C(C)(C)C(Oc5ccc(C#N)c(Cl)c5)C4(C)C)cn3)cc2)C(C)(C)C)nc1. The van der Waals surface area contributed by atoms with Crippen molar-refractivity contribution in [2.45, 2.75) is 105 Å². The van der Waals surface area contributed by atoms with Crippen molar-refractivity contribution in [3.05, 3.63) is 118 Å². The second-order valence-corrected chi connectivity index (χ2v) is 21.5. The molecule has 5 aromatic rings. The van der Waals surface area contributed by atoms with Gasteiger partial charge in [0.1, 0.15) is 35.8 Å². The van der Waals surface area contributed by atoms with Crippen molar-refractivity contribution in [1.82, 2.24) is 41.1 Å². The Bertz CT molecular complexity index is 2830. The van der Waals surface area contributed by atoms with E-state index in [1.54, 1.807) is 81.9 Å². The van der Waals surface area contributed by atoms with Gasteiger partial charge in [0.05, 0.1) is 56.6 Å². The number of nitrogens with one attached hydrogen (secondary N) is 4. The Balaban J connectivity index is 0.884. The Morgan fingerprint density at radius 2 is 1.61 bits per heavy atom. The molecule has 0 unspecified atom stereocenters. The number of amides is 5. The monoisotopic (exact) mass is 1000 g/mol. The number of β-amino-alcohol motifs (C(OH)–C–C–N with tert-alkyl or cyclic N) is 1. The van der Waals surface area contributed by atoms with Gasteiger partial charge in [0.2, 0.25) is 23.6 Å². The first kappa shape index (κ1) is 51.9. The molecule has 1 aliphatic heterocycles. The fourth-order valence-electron chi connectivity index (χ4n) is 9.53. The van der Waals surface area contributed by atoms with Crippen LogP contribution in [-0.4, -0.2) is 97.9 Å². The van der Waals surface area contributed by atoms with E-state index >= 15 is 0 Å². The number of rotatable bonds is 15. The number of hydrogen-bond acceptors (Lipinski definition) is 13. The van der Waals surface area contributed by atoms with Gasteiger partial charge >= 0.3 is 0 Å². The van der Waals surface area contributed by atoms with Crippen LogP contribution in [0.5, 0.6) is 17.4 Å². The zero-order chi connectivity index (χ0) is 51.6. The molecule has 2 aliphatic rings. The summed E-state index contributed by atoms with van der Waals surface area (Å²) >= 11 is 7.75. The highest BCUT2D eigenvalue weighted by atomic mass is 35.5. The Morgan fingerprint density at radius 1 is 0.915 bits per heavy atom. The van der Waals surface area contributed by atoms with Gasteiger partial charge in [0, 0.05) is 65.5 Å². The normalized spacial score (nSPS) is 19.8.